The van der Waals surface area contributed by atoms with E-state index >= 15 is 0 Å². The lowest BCUT2D eigenvalue weighted by molar-refractivity contribution is 0.0814. The van der Waals surface area contributed by atoms with Gasteiger partial charge in [-0.15, -0.1) is 0 Å². The molecule has 1 saturated carbocycles. The summed E-state index contributed by atoms with van der Waals surface area (Å²) in [6, 6.07) is 0. The van der Waals surface area contributed by atoms with Crippen molar-refractivity contribution in [3.63, 3.8) is 0 Å². The molecule has 94 valence electrons. The third kappa shape index (κ3) is 2.84. The predicted molar refractivity (Wildman–Crippen MR) is 63.1 cm³/mol. The van der Waals surface area contributed by atoms with Crippen LogP contribution in [0.5, 0.6) is 5.88 Å². The molecule has 0 bridgehead atoms. The van der Waals surface area contributed by atoms with Crippen molar-refractivity contribution in [2.24, 2.45) is 5.92 Å². The van der Waals surface area contributed by atoms with E-state index in [0.29, 0.717) is 5.92 Å². The lowest BCUT2D eigenvalue weighted by atomic mass is 9.85. The van der Waals surface area contributed by atoms with Crippen molar-refractivity contribution >= 4 is 5.95 Å². The summed E-state index contributed by atoms with van der Waals surface area (Å²) in [7, 11) is 0. The molecule has 1 fully saturated rings. The Balaban J connectivity index is 2.10. The minimum absolute atomic E-state index is 0.0112. The molecule has 1 heterocycles. The van der Waals surface area contributed by atoms with E-state index in [1.807, 2.05) is 0 Å². The predicted octanol–water partition coefficient (Wildman–Crippen LogP) is 2.55. The average Bonchev–Trinajstić information content (AvgIpc) is 2.34. The van der Waals surface area contributed by atoms with E-state index in [-0.39, 0.29) is 17.9 Å². The summed E-state index contributed by atoms with van der Waals surface area (Å²) >= 11 is 0. The number of nitrogen functional groups attached to an aromatic ring is 1. The van der Waals surface area contributed by atoms with Gasteiger partial charge in [-0.05, 0) is 31.6 Å². The van der Waals surface area contributed by atoms with E-state index < -0.39 is 5.82 Å². The molecule has 2 rings (SSSR count). The van der Waals surface area contributed by atoms with Crippen molar-refractivity contribution in [1.29, 1.82) is 0 Å². The Kier molecular flexibility index (Phi) is 3.76. The van der Waals surface area contributed by atoms with Gasteiger partial charge in [-0.3, -0.25) is 0 Å². The summed E-state index contributed by atoms with van der Waals surface area (Å²) in [6.07, 6.45) is 6.62. The number of ether oxygens (including phenoxy) is 1. The molecule has 0 aliphatic heterocycles. The summed E-state index contributed by atoms with van der Waals surface area (Å²) < 4.78 is 19.1. The highest BCUT2D eigenvalue weighted by Gasteiger charge is 2.26. The fourth-order valence-corrected chi connectivity index (χ4v) is 2.39. The Morgan fingerprint density at radius 1 is 1.47 bits per heavy atom. The number of hydrogen-bond acceptors (Lipinski definition) is 4. The Bertz CT molecular complexity index is 386. The number of hydrogen-bond donors (Lipinski definition) is 1. The van der Waals surface area contributed by atoms with Crippen molar-refractivity contribution in [3.8, 4) is 5.88 Å². The molecule has 17 heavy (non-hydrogen) atoms. The largest absolute Gasteiger partial charge is 0.472 e. The molecule has 0 aromatic carbocycles. The number of rotatable bonds is 3. The summed E-state index contributed by atoms with van der Waals surface area (Å²) in [5, 5.41) is 0. The number of aromatic nitrogens is 2. The van der Waals surface area contributed by atoms with Gasteiger partial charge in [0.15, 0.2) is 0 Å². The van der Waals surface area contributed by atoms with E-state index in [9.17, 15) is 4.39 Å². The van der Waals surface area contributed by atoms with Gasteiger partial charge in [0.05, 0.1) is 6.20 Å². The molecule has 2 N–H and O–H groups in total. The van der Waals surface area contributed by atoms with Crippen molar-refractivity contribution in [3.05, 3.63) is 12.0 Å². The number of anilines is 1. The molecule has 2 atom stereocenters. The molecule has 0 spiro atoms. The van der Waals surface area contributed by atoms with E-state index in [0.717, 1.165) is 31.9 Å². The lowest BCUT2D eigenvalue weighted by Gasteiger charge is -2.30. The SMILES string of the molecule is CCC1CCCCC1Oc1nc(N)ncc1F. The maximum atomic E-state index is 13.5. The van der Waals surface area contributed by atoms with E-state index in [2.05, 4.69) is 16.9 Å². The Hall–Kier alpha value is -1.39. The van der Waals surface area contributed by atoms with Gasteiger partial charge in [0.25, 0.3) is 5.88 Å². The van der Waals surface area contributed by atoms with Gasteiger partial charge < -0.3 is 10.5 Å². The molecule has 4 nitrogen and oxygen atoms in total. The maximum Gasteiger partial charge on any atom is 0.255 e. The average molecular weight is 239 g/mol. The lowest BCUT2D eigenvalue weighted by Crippen LogP contribution is -2.30. The zero-order valence-corrected chi connectivity index (χ0v) is 10.0. The first-order chi connectivity index (χ1) is 8.20. The van der Waals surface area contributed by atoms with Crippen LogP contribution in [-0.2, 0) is 0 Å². The highest BCUT2D eigenvalue weighted by Crippen LogP contribution is 2.30. The van der Waals surface area contributed by atoms with Crippen LogP contribution in [0.3, 0.4) is 0 Å². The molecule has 0 saturated heterocycles. The third-order valence-corrected chi connectivity index (χ3v) is 3.36. The van der Waals surface area contributed by atoms with Gasteiger partial charge in [-0.25, -0.2) is 4.98 Å². The highest BCUT2D eigenvalue weighted by atomic mass is 19.1. The first-order valence-corrected chi connectivity index (χ1v) is 6.15. The van der Waals surface area contributed by atoms with Gasteiger partial charge in [0.2, 0.25) is 11.8 Å². The fraction of sp³-hybridized carbons (Fsp3) is 0.667. The summed E-state index contributed by atoms with van der Waals surface area (Å²) in [5.41, 5.74) is 5.43. The fourth-order valence-electron chi connectivity index (χ4n) is 2.39. The first kappa shape index (κ1) is 12.1. The van der Waals surface area contributed by atoms with Crippen LogP contribution >= 0.6 is 0 Å². The Morgan fingerprint density at radius 2 is 2.24 bits per heavy atom. The second kappa shape index (κ2) is 5.29. The van der Waals surface area contributed by atoms with Crippen molar-refractivity contribution in [1.82, 2.24) is 9.97 Å². The third-order valence-electron chi connectivity index (χ3n) is 3.36. The van der Waals surface area contributed by atoms with Crippen LogP contribution < -0.4 is 10.5 Å². The van der Waals surface area contributed by atoms with Crippen molar-refractivity contribution in [2.45, 2.75) is 45.1 Å². The molecule has 2 unspecified atom stereocenters. The smallest absolute Gasteiger partial charge is 0.255 e. The second-order valence-electron chi connectivity index (χ2n) is 4.49. The molecule has 1 aromatic heterocycles. The van der Waals surface area contributed by atoms with Gasteiger partial charge in [0.1, 0.15) is 6.10 Å². The van der Waals surface area contributed by atoms with E-state index in [1.165, 1.54) is 6.42 Å². The monoisotopic (exact) mass is 239 g/mol. The maximum absolute atomic E-state index is 13.5. The summed E-state index contributed by atoms with van der Waals surface area (Å²) in [6.45, 7) is 2.14. The van der Waals surface area contributed by atoms with Gasteiger partial charge >= 0.3 is 0 Å². The zero-order chi connectivity index (χ0) is 12.3. The van der Waals surface area contributed by atoms with Crippen LogP contribution in [0.25, 0.3) is 0 Å². The van der Waals surface area contributed by atoms with Gasteiger partial charge in [0, 0.05) is 0 Å². The minimum Gasteiger partial charge on any atom is -0.472 e. The minimum atomic E-state index is -0.542. The standard InChI is InChI=1S/C12H18FN3O/c1-2-8-5-3-4-6-10(8)17-11-9(13)7-15-12(14)16-11/h7-8,10H,2-6H2,1H3,(H2,14,15,16). The molecule has 1 aromatic rings. The normalized spacial score (nSPS) is 24.6. The van der Waals surface area contributed by atoms with Crippen LogP contribution in [-0.4, -0.2) is 16.1 Å². The zero-order valence-electron chi connectivity index (χ0n) is 10.0. The van der Waals surface area contributed by atoms with Crippen LogP contribution in [0.2, 0.25) is 0 Å². The van der Waals surface area contributed by atoms with Crippen LogP contribution in [0.15, 0.2) is 6.20 Å². The first-order valence-electron chi connectivity index (χ1n) is 6.15. The highest BCUT2D eigenvalue weighted by molar-refractivity contribution is 5.22. The topological polar surface area (TPSA) is 61.0 Å². The van der Waals surface area contributed by atoms with Gasteiger partial charge in [-0.2, -0.15) is 9.37 Å². The molecular formula is C12H18FN3O. The number of nitrogens with two attached hydrogens (primary N) is 1. The number of nitrogens with zero attached hydrogens (tertiary/aromatic N) is 2. The molecule has 1 aliphatic carbocycles. The van der Waals surface area contributed by atoms with E-state index in [1.54, 1.807) is 0 Å². The van der Waals surface area contributed by atoms with Crippen molar-refractivity contribution < 1.29 is 9.13 Å². The van der Waals surface area contributed by atoms with Crippen LogP contribution in [0.1, 0.15) is 39.0 Å². The quantitative estimate of drug-likeness (QED) is 0.880. The van der Waals surface area contributed by atoms with Gasteiger partial charge in [-0.1, -0.05) is 13.3 Å². The Morgan fingerprint density at radius 3 is 3.00 bits per heavy atom. The summed E-state index contributed by atoms with van der Waals surface area (Å²) in [5.74, 6) is -0.0212. The molecule has 5 heteroatoms. The second-order valence-corrected chi connectivity index (χ2v) is 4.49. The van der Waals surface area contributed by atoms with Crippen LogP contribution in [0, 0.1) is 11.7 Å². The molecule has 1 aliphatic rings. The molecular weight excluding hydrogens is 221 g/mol. The molecule has 0 radical (unpaired) electrons. The number of halogens is 1. The van der Waals surface area contributed by atoms with Crippen molar-refractivity contribution in [2.75, 3.05) is 5.73 Å². The molecule has 0 amide bonds. The van der Waals surface area contributed by atoms with E-state index in [4.69, 9.17) is 10.5 Å². The Labute approximate surface area is 100 Å². The van der Waals surface area contributed by atoms with Crippen LogP contribution in [0.4, 0.5) is 10.3 Å². The summed E-state index contributed by atoms with van der Waals surface area (Å²) in [4.78, 5) is 7.39.